The number of allylic oxidation sites excluding steroid dienone is 1. The fourth-order valence-corrected chi connectivity index (χ4v) is 3.84. The zero-order chi connectivity index (χ0) is 15.4. The van der Waals surface area contributed by atoms with Gasteiger partial charge < -0.3 is 10.4 Å². The first-order valence-corrected chi connectivity index (χ1v) is 8.15. The molecule has 1 aliphatic rings. The van der Waals surface area contributed by atoms with Crippen LogP contribution in [0.2, 0.25) is 0 Å². The van der Waals surface area contributed by atoms with E-state index in [1.165, 1.54) is 4.88 Å². The van der Waals surface area contributed by atoms with E-state index in [0.29, 0.717) is 17.9 Å². The molecule has 1 amide bonds. The third-order valence-corrected chi connectivity index (χ3v) is 4.91. The molecule has 0 saturated heterocycles. The number of carboxylic acid groups (broad SMARTS) is 1. The minimum atomic E-state index is -1.00. The topological polar surface area (TPSA) is 66.4 Å². The highest BCUT2D eigenvalue weighted by atomic mass is 32.1. The largest absolute Gasteiger partial charge is 0.480 e. The number of rotatable bonds is 5. The number of thiophene rings is 1. The predicted molar refractivity (Wildman–Crippen MR) is 83.8 cm³/mol. The lowest BCUT2D eigenvalue weighted by Gasteiger charge is -2.19. The molecule has 0 aliphatic heterocycles. The lowest BCUT2D eigenvalue weighted by Crippen LogP contribution is -2.40. The maximum atomic E-state index is 12.3. The van der Waals surface area contributed by atoms with Gasteiger partial charge in [0.2, 0.25) is 0 Å². The van der Waals surface area contributed by atoms with Crippen LogP contribution in [0.3, 0.4) is 0 Å². The number of carbonyl (C=O) groups excluding carboxylic acids is 1. The van der Waals surface area contributed by atoms with Gasteiger partial charge in [0, 0.05) is 10.3 Å². The van der Waals surface area contributed by atoms with Crippen LogP contribution in [-0.4, -0.2) is 23.0 Å². The zero-order valence-electron chi connectivity index (χ0n) is 12.4. The summed E-state index contributed by atoms with van der Waals surface area (Å²) in [5.41, 5.74) is 1.78. The Morgan fingerprint density at radius 1 is 1.57 bits per heavy atom. The number of hydrogen-bond donors (Lipinski definition) is 2. The summed E-state index contributed by atoms with van der Waals surface area (Å²) in [6.45, 7) is 4.05. The molecule has 0 radical (unpaired) electrons. The van der Waals surface area contributed by atoms with E-state index >= 15 is 0 Å². The SMILES string of the molecule is C/C=C/CC(NC(=O)c1csc2c1CCC(C)C2)C(=O)O. The van der Waals surface area contributed by atoms with Crippen molar-refractivity contribution in [2.45, 2.75) is 45.6 Å². The molecular weight excluding hydrogens is 286 g/mol. The van der Waals surface area contributed by atoms with Crippen LogP contribution in [0.15, 0.2) is 17.5 Å². The van der Waals surface area contributed by atoms with E-state index in [-0.39, 0.29) is 5.91 Å². The van der Waals surface area contributed by atoms with Gasteiger partial charge >= 0.3 is 5.97 Å². The van der Waals surface area contributed by atoms with E-state index in [4.69, 9.17) is 0 Å². The van der Waals surface area contributed by atoms with Gasteiger partial charge in [-0.15, -0.1) is 11.3 Å². The number of carboxylic acids is 1. The van der Waals surface area contributed by atoms with Crippen LogP contribution in [0.25, 0.3) is 0 Å². The predicted octanol–water partition coefficient (Wildman–Crippen LogP) is 3.02. The summed E-state index contributed by atoms with van der Waals surface area (Å²) in [6, 6.07) is -0.869. The quantitative estimate of drug-likeness (QED) is 0.822. The second-order valence-corrected chi connectivity index (χ2v) is 6.53. The van der Waals surface area contributed by atoms with E-state index in [2.05, 4.69) is 12.2 Å². The van der Waals surface area contributed by atoms with E-state index in [0.717, 1.165) is 24.8 Å². The summed E-state index contributed by atoms with van der Waals surface area (Å²) in [5, 5.41) is 13.7. The standard InChI is InChI=1S/C16H21NO3S/c1-3-4-5-13(16(19)20)17-15(18)12-9-21-14-8-10(2)6-7-11(12)14/h3-4,9-10,13H,5-8H2,1-2H3,(H,17,18)(H,19,20)/b4-3+. The first kappa shape index (κ1) is 15.8. The van der Waals surface area contributed by atoms with Gasteiger partial charge in [-0.05, 0) is 44.1 Å². The minimum absolute atomic E-state index is 0.265. The second kappa shape index (κ2) is 6.89. The van der Waals surface area contributed by atoms with Gasteiger partial charge in [-0.1, -0.05) is 19.1 Å². The highest BCUT2D eigenvalue weighted by Gasteiger charge is 2.25. The van der Waals surface area contributed by atoms with Crippen molar-refractivity contribution in [3.63, 3.8) is 0 Å². The van der Waals surface area contributed by atoms with Gasteiger partial charge in [-0.3, -0.25) is 4.79 Å². The number of nitrogens with one attached hydrogen (secondary N) is 1. The molecule has 21 heavy (non-hydrogen) atoms. The van der Waals surface area contributed by atoms with Gasteiger partial charge in [0.05, 0.1) is 5.56 Å². The van der Waals surface area contributed by atoms with Crippen molar-refractivity contribution in [1.29, 1.82) is 0 Å². The van der Waals surface area contributed by atoms with Gasteiger partial charge in [0.1, 0.15) is 6.04 Å². The molecule has 4 nitrogen and oxygen atoms in total. The molecule has 2 atom stereocenters. The molecule has 2 unspecified atom stereocenters. The lowest BCUT2D eigenvalue weighted by molar-refractivity contribution is -0.139. The van der Waals surface area contributed by atoms with Crippen molar-refractivity contribution >= 4 is 23.2 Å². The van der Waals surface area contributed by atoms with Crippen molar-refractivity contribution in [1.82, 2.24) is 5.32 Å². The Morgan fingerprint density at radius 3 is 3.00 bits per heavy atom. The molecule has 2 N–H and O–H groups in total. The van der Waals surface area contributed by atoms with E-state index in [1.54, 1.807) is 23.5 Å². The van der Waals surface area contributed by atoms with Gasteiger partial charge in [0.25, 0.3) is 5.91 Å². The molecule has 0 aromatic carbocycles. The Balaban J connectivity index is 2.11. The Kier molecular flexibility index (Phi) is 5.17. The molecule has 0 spiro atoms. The third-order valence-electron chi connectivity index (χ3n) is 3.86. The summed E-state index contributed by atoms with van der Waals surface area (Å²) < 4.78 is 0. The molecule has 5 heteroatoms. The Labute approximate surface area is 128 Å². The van der Waals surface area contributed by atoms with Crippen LogP contribution < -0.4 is 5.32 Å². The van der Waals surface area contributed by atoms with Gasteiger partial charge in [0.15, 0.2) is 0 Å². The summed E-state index contributed by atoms with van der Waals surface area (Å²) in [5.74, 6) is -0.605. The maximum absolute atomic E-state index is 12.3. The van der Waals surface area contributed by atoms with Crippen molar-refractivity contribution in [3.8, 4) is 0 Å². The van der Waals surface area contributed by atoms with E-state index < -0.39 is 12.0 Å². The molecule has 0 saturated carbocycles. The first-order chi connectivity index (χ1) is 10.0. The fourth-order valence-electron chi connectivity index (χ4n) is 2.60. The van der Waals surface area contributed by atoms with Crippen molar-refractivity contribution in [2.75, 3.05) is 0 Å². The molecule has 1 aromatic heterocycles. The molecule has 1 aromatic rings. The monoisotopic (exact) mass is 307 g/mol. The zero-order valence-corrected chi connectivity index (χ0v) is 13.2. The normalized spacial score (nSPS) is 19.2. The second-order valence-electron chi connectivity index (χ2n) is 5.57. The number of amides is 1. The molecule has 114 valence electrons. The van der Waals surface area contributed by atoms with Crippen molar-refractivity contribution < 1.29 is 14.7 Å². The van der Waals surface area contributed by atoms with Crippen LogP contribution in [0.1, 0.15) is 47.5 Å². The highest BCUT2D eigenvalue weighted by Crippen LogP contribution is 2.32. The van der Waals surface area contributed by atoms with Crippen LogP contribution in [0.5, 0.6) is 0 Å². The molecule has 1 heterocycles. The molecule has 1 aliphatic carbocycles. The average molecular weight is 307 g/mol. The van der Waals surface area contributed by atoms with Crippen molar-refractivity contribution in [2.24, 2.45) is 5.92 Å². The van der Waals surface area contributed by atoms with Crippen LogP contribution >= 0.6 is 11.3 Å². The van der Waals surface area contributed by atoms with Gasteiger partial charge in [-0.2, -0.15) is 0 Å². The summed E-state index contributed by atoms with van der Waals surface area (Å²) in [6.07, 6.45) is 6.87. The van der Waals surface area contributed by atoms with Crippen LogP contribution in [0.4, 0.5) is 0 Å². The van der Waals surface area contributed by atoms with Crippen molar-refractivity contribution in [3.05, 3.63) is 33.5 Å². The van der Waals surface area contributed by atoms with E-state index in [1.807, 2.05) is 12.3 Å². The fraction of sp³-hybridized carbons (Fsp3) is 0.500. The number of aliphatic carboxylic acids is 1. The minimum Gasteiger partial charge on any atom is -0.480 e. The summed E-state index contributed by atoms with van der Waals surface area (Å²) in [4.78, 5) is 24.8. The summed E-state index contributed by atoms with van der Waals surface area (Å²) >= 11 is 1.62. The molecule has 2 rings (SSSR count). The maximum Gasteiger partial charge on any atom is 0.326 e. The Hall–Kier alpha value is -1.62. The number of hydrogen-bond acceptors (Lipinski definition) is 3. The number of carbonyl (C=O) groups is 2. The smallest absolute Gasteiger partial charge is 0.326 e. The van der Waals surface area contributed by atoms with E-state index in [9.17, 15) is 14.7 Å². The lowest BCUT2D eigenvalue weighted by atomic mass is 9.88. The van der Waals surface area contributed by atoms with Gasteiger partial charge in [-0.25, -0.2) is 4.79 Å². The Bertz CT molecular complexity index is 562. The third kappa shape index (κ3) is 3.73. The summed E-state index contributed by atoms with van der Waals surface area (Å²) in [7, 11) is 0. The Morgan fingerprint density at radius 2 is 2.33 bits per heavy atom. The molecular formula is C16H21NO3S. The molecule has 0 fully saturated rings. The van der Waals surface area contributed by atoms with Crippen LogP contribution in [0, 0.1) is 5.92 Å². The average Bonchev–Trinajstić information content (AvgIpc) is 2.85. The highest BCUT2D eigenvalue weighted by molar-refractivity contribution is 7.10. The first-order valence-electron chi connectivity index (χ1n) is 7.27. The van der Waals surface area contributed by atoms with Crippen LogP contribution in [-0.2, 0) is 17.6 Å². The number of fused-ring (bicyclic) bond motifs is 1. The molecule has 0 bridgehead atoms.